The summed E-state index contributed by atoms with van der Waals surface area (Å²) in [6.45, 7) is 0.124. The molecule has 3 nitrogen and oxygen atoms in total. The largest absolute Gasteiger partial charge is 0.491 e. The van der Waals surface area contributed by atoms with Gasteiger partial charge in [-0.15, -0.1) is 0 Å². The highest BCUT2D eigenvalue weighted by molar-refractivity contribution is 5.22. The summed E-state index contributed by atoms with van der Waals surface area (Å²) in [5.74, 6) is -0.227. The summed E-state index contributed by atoms with van der Waals surface area (Å²) >= 11 is 0. The molecular weight excluding hydrogens is 278 g/mol. The van der Waals surface area contributed by atoms with Gasteiger partial charge in [-0.25, -0.2) is 8.78 Å². The fraction of sp³-hybridized carbons (Fsp3) is 0.250. The van der Waals surface area contributed by atoms with Crippen molar-refractivity contribution in [2.24, 2.45) is 0 Å². The maximum atomic E-state index is 13.3. The zero-order valence-corrected chi connectivity index (χ0v) is 11.3. The second-order valence-corrected chi connectivity index (χ2v) is 4.53. The van der Waals surface area contributed by atoms with E-state index in [4.69, 9.17) is 9.47 Å². The summed E-state index contributed by atoms with van der Waals surface area (Å²) in [7, 11) is 0. The Bertz CT molecular complexity index is 558. The first-order valence-electron chi connectivity index (χ1n) is 6.53. The van der Waals surface area contributed by atoms with Crippen molar-refractivity contribution in [1.29, 1.82) is 0 Å². The van der Waals surface area contributed by atoms with Crippen LogP contribution in [0, 0.1) is 11.6 Å². The average molecular weight is 294 g/mol. The van der Waals surface area contributed by atoms with Crippen molar-refractivity contribution >= 4 is 0 Å². The van der Waals surface area contributed by atoms with Crippen molar-refractivity contribution in [2.75, 3.05) is 13.2 Å². The summed E-state index contributed by atoms with van der Waals surface area (Å²) in [6.07, 6.45) is -0.846. The molecule has 0 radical (unpaired) electrons. The number of halogens is 2. The molecule has 0 saturated carbocycles. The van der Waals surface area contributed by atoms with Crippen LogP contribution in [-0.4, -0.2) is 24.4 Å². The van der Waals surface area contributed by atoms with E-state index in [9.17, 15) is 13.9 Å². The lowest BCUT2D eigenvalue weighted by molar-refractivity contribution is 0.00475. The molecular formula is C16H16F2O3. The Balaban J connectivity index is 1.69. The minimum absolute atomic E-state index is 0.0168. The number of rotatable bonds is 7. The molecule has 0 aromatic heterocycles. The van der Waals surface area contributed by atoms with Gasteiger partial charge in [0.15, 0.2) is 0 Å². The highest BCUT2D eigenvalue weighted by atomic mass is 19.1. The quantitative estimate of drug-likeness (QED) is 0.853. The van der Waals surface area contributed by atoms with Crippen molar-refractivity contribution < 1.29 is 23.4 Å². The monoisotopic (exact) mass is 294 g/mol. The Hall–Kier alpha value is -1.98. The Morgan fingerprint density at radius 2 is 1.67 bits per heavy atom. The highest BCUT2D eigenvalue weighted by Crippen LogP contribution is 2.12. The van der Waals surface area contributed by atoms with Gasteiger partial charge in [-0.3, -0.25) is 0 Å². The van der Waals surface area contributed by atoms with E-state index in [1.54, 1.807) is 18.2 Å². The molecule has 0 spiro atoms. The fourth-order valence-corrected chi connectivity index (χ4v) is 1.69. The molecule has 0 saturated heterocycles. The van der Waals surface area contributed by atoms with Crippen molar-refractivity contribution in [2.45, 2.75) is 12.7 Å². The first-order chi connectivity index (χ1) is 10.1. The van der Waals surface area contributed by atoms with Gasteiger partial charge in [-0.1, -0.05) is 18.2 Å². The number of hydrogen-bond acceptors (Lipinski definition) is 3. The van der Waals surface area contributed by atoms with Gasteiger partial charge < -0.3 is 14.6 Å². The standard InChI is InChI=1S/C16H16F2O3/c17-13-5-7-15(8-6-13)21-11-14(19)10-20-9-12-3-1-2-4-16(12)18/h1-8,14,19H,9-11H2. The molecule has 2 aromatic carbocycles. The van der Waals surface area contributed by atoms with Crippen LogP contribution in [0.15, 0.2) is 48.5 Å². The van der Waals surface area contributed by atoms with E-state index in [-0.39, 0.29) is 31.5 Å². The van der Waals surface area contributed by atoms with Gasteiger partial charge in [0, 0.05) is 5.56 Å². The molecule has 0 aliphatic heterocycles. The fourth-order valence-electron chi connectivity index (χ4n) is 1.69. The van der Waals surface area contributed by atoms with Gasteiger partial charge in [0.05, 0.1) is 13.2 Å². The lowest BCUT2D eigenvalue weighted by atomic mass is 10.2. The third-order valence-electron chi connectivity index (χ3n) is 2.78. The zero-order chi connectivity index (χ0) is 15.1. The number of ether oxygens (including phenoxy) is 2. The number of benzene rings is 2. The number of aliphatic hydroxyl groups is 1. The minimum Gasteiger partial charge on any atom is -0.491 e. The normalized spacial score (nSPS) is 12.1. The molecule has 5 heteroatoms. The molecule has 112 valence electrons. The third-order valence-corrected chi connectivity index (χ3v) is 2.78. The van der Waals surface area contributed by atoms with Crippen molar-refractivity contribution in [3.63, 3.8) is 0 Å². The maximum Gasteiger partial charge on any atom is 0.128 e. The van der Waals surface area contributed by atoms with E-state index in [1.807, 2.05) is 0 Å². The Labute approximate surface area is 121 Å². The minimum atomic E-state index is -0.846. The first-order valence-corrected chi connectivity index (χ1v) is 6.53. The molecule has 1 atom stereocenters. The molecule has 21 heavy (non-hydrogen) atoms. The first kappa shape index (κ1) is 15.4. The van der Waals surface area contributed by atoms with E-state index < -0.39 is 6.10 Å². The predicted molar refractivity (Wildman–Crippen MR) is 74.0 cm³/mol. The molecule has 1 N–H and O–H groups in total. The van der Waals surface area contributed by atoms with Crippen LogP contribution in [0.2, 0.25) is 0 Å². The zero-order valence-electron chi connectivity index (χ0n) is 11.3. The van der Waals surface area contributed by atoms with E-state index >= 15 is 0 Å². The van der Waals surface area contributed by atoms with Gasteiger partial charge in [0.25, 0.3) is 0 Å². The van der Waals surface area contributed by atoms with Crippen LogP contribution in [0.4, 0.5) is 8.78 Å². The molecule has 2 rings (SSSR count). The van der Waals surface area contributed by atoms with E-state index in [0.29, 0.717) is 11.3 Å². The molecule has 0 heterocycles. The summed E-state index contributed by atoms with van der Waals surface area (Å²) in [4.78, 5) is 0. The summed E-state index contributed by atoms with van der Waals surface area (Å²) in [6, 6.07) is 11.8. The van der Waals surface area contributed by atoms with Crippen LogP contribution in [0.25, 0.3) is 0 Å². The van der Waals surface area contributed by atoms with E-state index in [2.05, 4.69) is 0 Å². The summed E-state index contributed by atoms with van der Waals surface area (Å²) < 4.78 is 36.5. The second kappa shape index (κ2) is 7.71. The van der Waals surface area contributed by atoms with Crippen LogP contribution in [0.3, 0.4) is 0 Å². The van der Waals surface area contributed by atoms with E-state index in [0.717, 1.165) is 0 Å². The van der Waals surface area contributed by atoms with Crippen molar-refractivity contribution in [3.8, 4) is 5.75 Å². The Kier molecular flexibility index (Phi) is 5.66. The Morgan fingerprint density at radius 1 is 0.952 bits per heavy atom. The van der Waals surface area contributed by atoms with Gasteiger partial charge in [0.1, 0.15) is 30.1 Å². The summed E-state index contributed by atoms with van der Waals surface area (Å²) in [5, 5.41) is 9.69. The molecule has 0 bridgehead atoms. The average Bonchev–Trinajstić information content (AvgIpc) is 2.49. The summed E-state index contributed by atoms with van der Waals surface area (Å²) in [5.41, 5.74) is 0.434. The molecule has 0 amide bonds. The second-order valence-electron chi connectivity index (χ2n) is 4.53. The predicted octanol–water partition coefficient (Wildman–Crippen LogP) is 2.92. The van der Waals surface area contributed by atoms with Crippen LogP contribution in [0.1, 0.15) is 5.56 Å². The number of aliphatic hydroxyl groups excluding tert-OH is 1. The molecule has 1 unspecified atom stereocenters. The van der Waals surface area contributed by atoms with Crippen LogP contribution < -0.4 is 4.74 Å². The van der Waals surface area contributed by atoms with Crippen molar-refractivity contribution in [1.82, 2.24) is 0 Å². The lowest BCUT2D eigenvalue weighted by Gasteiger charge is -2.13. The number of hydrogen-bond donors (Lipinski definition) is 1. The topological polar surface area (TPSA) is 38.7 Å². The molecule has 0 aliphatic carbocycles. The SMILES string of the molecule is OC(COCc1ccccc1F)COc1ccc(F)cc1. The van der Waals surface area contributed by atoms with Crippen LogP contribution >= 0.6 is 0 Å². The smallest absolute Gasteiger partial charge is 0.128 e. The van der Waals surface area contributed by atoms with E-state index in [1.165, 1.54) is 30.3 Å². The van der Waals surface area contributed by atoms with Crippen LogP contribution in [0.5, 0.6) is 5.75 Å². The van der Waals surface area contributed by atoms with Gasteiger partial charge >= 0.3 is 0 Å². The van der Waals surface area contributed by atoms with Crippen LogP contribution in [-0.2, 0) is 11.3 Å². The third kappa shape index (κ3) is 5.13. The molecule has 0 aliphatic rings. The molecule has 0 fully saturated rings. The van der Waals surface area contributed by atoms with Gasteiger partial charge in [0.2, 0.25) is 0 Å². The maximum absolute atomic E-state index is 13.3. The van der Waals surface area contributed by atoms with Gasteiger partial charge in [-0.05, 0) is 30.3 Å². The van der Waals surface area contributed by atoms with Crippen molar-refractivity contribution in [3.05, 3.63) is 65.7 Å². The molecule has 2 aromatic rings. The van der Waals surface area contributed by atoms with Gasteiger partial charge in [-0.2, -0.15) is 0 Å². The lowest BCUT2D eigenvalue weighted by Crippen LogP contribution is -2.23. The highest BCUT2D eigenvalue weighted by Gasteiger charge is 2.07. The Morgan fingerprint density at radius 3 is 2.38 bits per heavy atom.